The number of amides is 1. The third-order valence-electron chi connectivity index (χ3n) is 4.21. The molecule has 1 unspecified atom stereocenters. The highest BCUT2D eigenvalue weighted by Crippen LogP contribution is 2.36. The second-order valence-electron chi connectivity index (χ2n) is 6.84. The van der Waals surface area contributed by atoms with Crippen molar-refractivity contribution in [2.75, 3.05) is 13.2 Å². The first-order valence-corrected chi connectivity index (χ1v) is 7.77. The van der Waals surface area contributed by atoms with E-state index in [-0.39, 0.29) is 17.4 Å². The molecule has 23 heavy (non-hydrogen) atoms. The van der Waals surface area contributed by atoms with Crippen molar-refractivity contribution >= 4 is 5.91 Å². The monoisotopic (exact) mass is 313 g/mol. The van der Waals surface area contributed by atoms with Gasteiger partial charge in [-0.25, -0.2) is 4.98 Å². The van der Waals surface area contributed by atoms with Gasteiger partial charge in [-0.15, -0.1) is 0 Å². The van der Waals surface area contributed by atoms with Crippen molar-refractivity contribution in [1.82, 2.24) is 15.3 Å². The SMILES string of the molecule is CC1(C)CNC(=O)c2nc(C3COc4ccccc4O3)[nH]c2C1. The molecule has 4 rings (SSSR count). The van der Waals surface area contributed by atoms with Gasteiger partial charge in [-0.3, -0.25) is 4.79 Å². The van der Waals surface area contributed by atoms with Crippen LogP contribution in [0.2, 0.25) is 0 Å². The third kappa shape index (κ3) is 2.54. The highest BCUT2D eigenvalue weighted by Gasteiger charge is 2.32. The number of fused-ring (bicyclic) bond motifs is 2. The number of ether oxygens (including phenoxy) is 2. The van der Waals surface area contributed by atoms with Gasteiger partial charge in [0.05, 0.1) is 0 Å². The lowest BCUT2D eigenvalue weighted by Crippen LogP contribution is -2.32. The molecule has 0 fully saturated rings. The quantitative estimate of drug-likeness (QED) is 0.846. The predicted octanol–water partition coefficient (Wildman–Crippen LogP) is 2.23. The molecule has 2 N–H and O–H groups in total. The fraction of sp³-hybridized carbons (Fsp3) is 0.412. The van der Waals surface area contributed by atoms with Crippen LogP contribution in [-0.4, -0.2) is 29.0 Å². The number of aromatic nitrogens is 2. The van der Waals surface area contributed by atoms with Gasteiger partial charge in [-0.05, 0) is 24.0 Å². The Bertz CT molecular complexity index is 766. The summed E-state index contributed by atoms with van der Waals surface area (Å²) in [4.78, 5) is 20.0. The standard InChI is InChI=1S/C17H19N3O3/c1-17(2)7-10-14(16(21)18-9-17)20-15(19-10)13-8-22-11-5-3-4-6-12(11)23-13/h3-6,13H,7-9H2,1-2H3,(H,18,21)(H,19,20). The molecule has 0 saturated carbocycles. The summed E-state index contributed by atoms with van der Waals surface area (Å²) in [5.74, 6) is 1.93. The van der Waals surface area contributed by atoms with Gasteiger partial charge in [0.15, 0.2) is 23.4 Å². The summed E-state index contributed by atoms with van der Waals surface area (Å²) in [5.41, 5.74) is 1.32. The molecule has 1 atom stereocenters. The van der Waals surface area contributed by atoms with Gasteiger partial charge >= 0.3 is 0 Å². The molecule has 1 aromatic heterocycles. The van der Waals surface area contributed by atoms with Crippen molar-refractivity contribution in [3.63, 3.8) is 0 Å². The highest BCUT2D eigenvalue weighted by atomic mass is 16.6. The summed E-state index contributed by atoms with van der Waals surface area (Å²) in [7, 11) is 0. The van der Waals surface area contributed by atoms with E-state index in [2.05, 4.69) is 29.1 Å². The summed E-state index contributed by atoms with van der Waals surface area (Å²) in [6, 6.07) is 7.55. The lowest BCUT2D eigenvalue weighted by molar-refractivity contribution is 0.0849. The van der Waals surface area contributed by atoms with E-state index in [0.717, 1.165) is 17.9 Å². The summed E-state index contributed by atoms with van der Waals surface area (Å²) in [6.07, 6.45) is 0.422. The minimum atomic E-state index is -0.340. The minimum absolute atomic E-state index is 0.0127. The Balaban J connectivity index is 1.65. The van der Waals surface area contributed by atoms with E-state index in [9.17, 15) is 4.79 Å². The number of H-pyrrole nitrogens is 1. The van der Waals surface area contributed by atoms with Crippen molar-refractivity contribution in [2.45, 2.75) is 26.4 Å². The zero-order chi connectivity index (χ0) is 16.0. The molecule has 0 saturated heterocycles. The first-order chi connectivity index (χ1) is 11.0. The largest absolute Gasteiger partial charge is 0.485 e. The molecule has 1 aromatic carbocycles. The van der Waals surface area contributed by atoms with Crippen LogP contribution in [0.25, 0.3) is 0 Å². The Kier molecular flexibility index (Phi) is 3.07. The zero-order valence-electron chi connectivity index (χ0n) is 13.2. The van der Waals surface area contributed by atoms with E-state index >= 15 is 0 Å². The first kappa shape index (κ1) is 14.1. The maximum absolute atomic E-state index is 12.2. The number of nitrogens with one attached hydrogen (secondary N) is 2. The average molecular weight is 313 g/mol. The lowest BCUT2D eigenvalue weighted by Gasteiger charge is -2.25. The molecule has 2 aromatic rings. The number of hydrogen-bond donors (Lipinski definition) is 2. The molecule has 2 aliphatic heterocycles. The highest BCUT2D eigenvalue weighted by molar-refractivity contribution is 5.94. The predicted molar refractivity (Wildman–Crippen MR) is 83.7 cm³/mol. The average Bonchev–Trinajstić information content (AvgIpc) is 2.91. The Morgan fingerprint density at radius 1 is 1.26 bits per heavy atom. The van der Waals surface area contributed by atoms with Crippen molar-refractivity contribution in [2.24, 2.45) is 5.41 Å². The van der Waals surface area contributed by atoms with Crippen LogP contribution in [-0.2, 0) is 6.42 Å². The Morgan fingerprint density at radius 3 is 2.87 bits per heavy atom. The van der Waals surface area contributed by atoms with Crippen LogP contribution in [0.1, 0.15) is 42.0 Å². The van der Waals surface area contributed by atoms with Gasteiger partial charge in [-0.1, -0.05) is 26.0 Å². The number of nitrogens with zero attached hydrogens (tertiary/aromatic N) is 1. The maximum Gasteiger partial charge on any atom is 0.271 e. The summed E-state index contributed by atoms with van der Waals surface area (Å²) >= 11 is 0. The Labute approximate surface area is 134 Å². The summed E-state index contributed by atoms with van der Waals surface area (Å²) in [5, 5.41) is 2.93. The lowest BCUT2D eigenvalue weighted by atomic mass is 9.88. The van der Waals surface area contributed by atoms with Crippen molar-refractivity contribution in [3.8, 4) is 11.5 Å². The molecule has 0 spiro atoms. The number of rotatable bonds is 1. The summed E-state index contributed by atoms with van der Waals surface area (Å²) < 4.78 is 11.7. The second-order valence-corrected chi connectivity index (χ2v) is 6.84. The van der Waals surface area contributed by atoms with Crippen molar-refractivity contribution < 1.29 is 14.3 Å². The topological polar surface area (TPSA) is 76.2 Å². The number of benzene rings is 1. The molecule has 3 heterocycles. The molecule has 120 valence electrons. The van der Waals surface area contributed by atoms with E-state index in [1.165, 1.54) is 0 Å². The van der Waals surface area contributed by atoms with Crippen LogP contribution >= 0.6 is 0 Å². The number of imidazole rings is 1. The second kappa shape index (κ2) is 5.01. The molecule has 6 nitrogen and oxygen atoms in total. The fourth-order valence-electron chi connectivity index (χ4n) is 3.00. The van der Waals surface area contributed by atoms with Gasteiger partial charge < -0.3 is 19.8 Å². The zero-order valence-corrected chi connectivity index (χ0v) is 13.2. The maximum atomic E-state index is 12.2. The molecule has 1 amide bonds. The molecule has 6 heteroatoms. The van der Waals surface area contributed by atoms with E-state index < -0.39 is 0 Å². The van der Waals surface area contributed by atoms with Crippen LogP contribution in [0, 0.1) is 5.41 Å². The molecule has 2 aliphatic rings. The number of para-hydroxylation sites is 2. The number of carbonyl (C=O) groups excluding carboxylic acids is 1. The third-order valence-corrected chi connectivity index (χ3v) is 4.21. The van der Waals surface area contributed by atoms with E-state index in [0.29, 0.717) is 30.4 Å². The number of hydrogen-bond acceptors (Lipinski definition) is 4. The van der Waals surface area contributed by atoms with Crippen LogP contribution in [0.15, 0.2) is 24.3 Å². The molecular formula is C17H19N3O3. The van der Waals surface area contributed by atoms with Crippen LogP contribution in [0.3, 0.4) is 0 Å². The van der Waals surface area contributed by atoms with E-state index in [4.69, 9.17) is 9.47 Å². The minimum Gasteiger partial charge on any atom is -0.485 e. The van der Waals surface area contributed by atoms with Gasteiger partial charge in [0.25, 0.3) is 5.91 Å². The van der Waals surface area contributed by atoms with Crippen molar-refractivity contribution in [3.05, 3.63) is 41.5 Å². The fourth-order valence-corrected chi connectivity index (χ4v) is 3.00. The number of carbonyl (C=O) groups is 1. The molecule has 0 bridgehead atoms. The van der Waals surface area contributed by atoms with Crippen LogP contribution in [0.4, 0.5) is 0 Å². The van der Waals surface area contributed by atoms with E-state index in [1.807, 2.05) is 24.3 Å². The van der Waals surface area contributed by atoms with Crippen LogP contribution in [0.5, 0.6) is 11.5 Å². The van der Waals surface area contributed by atoms with E-state index in [1.54, 1.807) is 0 Å². The van der Waals surface area contributed by atoms with Crippen LogP contribution < -0.4 is 14.8 Å². The molecule has 0 aliphatic carbocycles. The normalized spacial score (nSPS) is 22.0. The first-order valence-electron chi connectivity index (χ1n) is 7.77. The Morgan fingerprint density at radius 2 is 2.04 bits per heavy atom. The van der Waals surface area contributed by atoms with Gasteiger partial charge in [0.1, 0.15) is 12.3 Å². The van der Waals surface area contributed by atoms with Gasteiger partial charge in [0, 0.05) is 12.2 Å². The summed E-state index contributed by atoms with van der Waals surface area (Å²) in [6.45, 7) is 5.26. The van der Waals surface area contributed by atoms with Crippen molar-refractivity contribution in [1.29, 1.82) is 0 Å². The molecule has 0 radical (unpaired) electrons. The van der Waals surface area contributed by atoms with Gasteiger partial charge in [0.2, 0.25) is 0 Å². The van der Waals surface area contributed by atoms with Gasteiger partial charge in [-0.2, -0.15) is 0 Å². The Hall–Kier alpha value is -2.50. The number of aromatic amines is 1. The molecular weight excluding hydrogens is 294 g/mol. The smallest absolute Gasteiger partial charge is 0.271 e.